The monoisotopic (exact) mass is 430 g/mol. The molecular formula is C27H46N2O2. The number of rotatable bonds is 19. The van der Waals surface area contributed by atoms with Crippen molar-refractivity contribution in [1.82, 2.24) is 5.32 Å². The third-order valence-corrected chi connectivity index (χ3v) is 5.91. The van der Waals surface area contributed by atoms with Crippen molar-refractivity contribution in [3.63, 3.8) is 0 Å². The maximum absolute atomic E-state index is 12.1. The molecule has 0 heterocycles. The molecule has 0 saturated carbocycles. The van der Waals surface area contributed by atoms with Gasteiger partial charge in [0, 0.05) is 6.42 Å². The summed E-state index contributed by atoms with van der Waals surface area (Å²) in [7, 11) is 0. The van der Waals surface area contributed by atoms with Crippen molar-refractivity contribution in [2.75, 3.05) is 0 Å². The summed E-state index contributed by atoms with van der Waals surface area (Å²) < 4.78 is 0. The number of carbonyl (C=O) groups excluding carboxylic acids is 2. The van der Waals surface area contributed by atoms with E-state index in [4.69, 9.17) is 5.73 Å². The zero-order chi connectivity index (χ0) is 22.6. The average molecular weight is 431 g/mol. The molecular weight excluding hydrogens is 384 g/mol. The zero-order valence-corrected chi connectivity index (χ0v) is 19.9. The first-order valence-corrected chi connectivity index (χ1v) is 12.8. The summed E-state index contributed by atoms with van der Waals surface area (Å²) in [5.41, 5.74) is 6.92. The van der Waals surface area contributed by atoms with Crippen LogP contribution in [0.25, 0.3) is 0 Å². The summed E-state index contributed by atoms with van der Waals surface area (Å²) >= 11 is 0. The lowest BCUT2D eigenvalue weighted by Crippen LogP contribution is -2.44. The second-order valence-electron chi connectivity index (χ2n) is 8.91. The van der Waals surface area contributed by atoms with Crippen LogP contribution in [-0.2, 0) is 16.0 Å². The van der Waals surface area contributed by atoms with Gasteiger partial charge in [0.25, 0.3) is 0 Å². The van der Waals surface area contributed by atoms with Crippen LogP contribution in [0.15, 0.2) is 30.3 Å². The molecule has 4 heteroatoms. The fraction of sp³-hybridized carbons (Fsp3) is 0.704. The number of carbonyl (C=O) groups is 2. The Balaban J connectivity index is 1.89. The second-order valence-corrected chi connectivity index (χ2v) is 8.91. The van der Waals surface area contributed by atoms with E-state index in [1.807, 2.05) is 30.3 Å². The Labute approximate surface area is 190 Å². The summed E-state index contributed by atoms with van der Waals surface area (Å²) in [6.07, 6.45) is 20.3. The van der Waals surface area contributed by atoms with Gasteiger partial charge in [-0.3, -0.25) is 14.9 Å². The molecule has 2 amide bonds. The summed E-state index contributed by atoms with van der Waals surface area (Å²) in [4.78, 5) is 24.0. The molecule has 1 aromatic rings. The number of hydrogen-bond donors (Lipinski definition) is 2. The van der Waals surface area contributed by atoms with Gasteiger partial charge in [0.15, 0.2) is 0 Å². The molecule has 1 atom stereocenters. The molecule has 3 N–H and O–H groups in total. The molecule has 31 heavy (non-hydrogen) atoms. The van der Waals surface area contributed by atoms with Gasteiger partial charge in [0.1, 0.15) is 0 Å². The summed E-state index contributed by atoms with van der Waals surface area (Å²) in [6.45, 7) is 2.27. The number of nitrogens with two attached hydrogens (primary N) is 1. The normalized spacial score (nSPS) is 11.9. The number of imide groups is 1. The minimum absolute atomic E-state index is 0.205. The van der Waals surface area contributed by atoms with Crippen LogP contribution in [0.3, 0.4) is 0 Å². The van der Waals surface area contributed by atoms with Crippen LogP contribution in [0, 0.1) is 0 Å². The topological polar surface area (TPSA) is 72.2 Å². The molecule has 0 aliphatic carbocycles. The van der Waals surface area contributed by atoms with E-state index in [1.165, 1.54) is 83.5 Å². The maximum atomic E-state index is 12.1. The lowest BCUT2D eigenvalue weighted by atomic mass is 10.0. The molecule has 0 radical (unpaired) electrons. The fourth-order valence-corrected chi connectivity index (χ4v) is 3.91. The van der Waals surface area contributed by atoms with Gasteiger partial charge in [0.2, 0.25) is 11.8 Å². The highest BCUT2D eigenvalue weighted by molar-refractivity contribution is 5.97. The predicted octanol–water partition coefficient (Wildman–Crippen LogP) is 6.46. The number of benzene rings is 1. The Bertz CT molecular complexity index is 574. The first-order chi connectivity index (χ1) is 15.1. The third kappa shape index (κ3) is 15.7. The van der Waals surface area contributed by atoms with Gasteiger partial charge in [-0.1, -0.05) is 127 Å². The molecule has 0 aliphatic heterocycles. The van der Waals surface area contributed by atoms with E-state index in [0.29, 0.717) is 12.8 Å². The number of amides is 2. The molecule has 0 spiro atoms. The molecule has 4 nitrogen and oxygen atoms in total. The Kier molecular flexibility index (Phi) is 16.8. The van der Waals surface area contributed by atoms with Crippen molar-refractivity contribution in [3.8, 4) is 0 Å². The fourth-order valence-electron chi connectivity index (χ4n) is 3.91. The van der Waals surface area contributed by atoms with Crippen LogP contribution in [0.1, 0.15) is 115 Å². The molecule has 1 rings (SSSR count). The lowest BCUT2D eigenvalue weighted by molar-refractivity contribution is -0.131. The van der Waals surface area contributed by atoms with Crippen LogP contribution in [0.5, 0.6) is 0 Å². The summed E-state index contributed by atoms with van der Waals surface area (Å²) in [5.74, 6) is -0.585. The van der Waals surface area contributed by atoms with E-state index in [-0.39, 0.29) is 11.8 Å². The predicted molar refractivity (Wildman–Crippen MR) is 131 cm³/mol. The van der Waals surface area contributed by atoms with Crippen LogP contribution >= 0.6 is 0 Å². The number of unbranched alkanes of at least 4 members (excludes halogenated alkanes) is 14. The van der Waals surface area contributed by atoms with Crippen molar-refractivity contribution in [3.05, 3.63) is 35.9 Å². The highest BCUT2D eigenvalue weighted by atomic mass is 16.2. The summed E-state index contributed by atoms with van der Waals surface area (Å²) in [5, 5.41) is 2.45. The van der Waals surface area contributed by atoms with E-state index < -0.39 is 6.04 Å². The van der Waals surface area contributed by atoms with Gasteiger partial charge < -0.3 is 5.73 Å². The smallest absolute Gasteiger partial charge is 0.243 e. The minimum Gasteiger partial charge on any atom is -0.320 e. The average Bonchev–Trinajstić information content (AvgIpc) is 2.77. The molecule has 0 fully saturated rings. The minimum atomic E-state index is -0.688. The van der Waals surface area contributed by atoms with Gasteiger partial charge in [-0.2, -0.15) is 0 Å². The van der Waals surface area contributed by atoms with Gasteiger partial charge >= 0.3 is 0 Å². The van der Waals surface area contributed by atoms with E-state index in [9.17, 15) is 9.59 Å². The molecule has 1 aromatic carbocycles. The zero-order valence-electron chi connectivity index (χ0n) is 19.9. The Hall–Kier alpha value is -1.68. The van der Waals surface area contributed by atoms with E-state index in [1.54, 1.807) is 0 Å². The lowest BCUT2D eigenvalue weighted by Gasteiger charge is -2.11. The van der Waals surface area contributed by atoms with Crippen molar-refractivity contribution in [2.24, 2.45) is 5.73 Å². The molecule has 0 aliphatic rings. The van der Waals surface area contributed by atoms with Gasteiger partial charge in [-0.25, -0.2) is 0 Å². The third-order valence-electron chi connectivity index (χ3n) is 5.91. The Morgan fingerprint density at radius 2 is 1.19 bits per heavy atom. The first kappa shape index (κ1) is 27.4. The largest absolute Gasteiger partial charge is 0.320 e. The molecule has 0 unspecified atom stereocenters. The quantitative estimate of drug-likeness (QED) is 0.247. The Morgan fingerprint density at radius 1 is 0.742 bits per heavy atom. The van der Waals surface area contributed by atoms with E-state index in [2.05, 4.69) is 12.2 Å². The maximum Gasteiger partial charge on any atom is 0.243 e. The van der Waals surface area contributed by atoms with Gasteiger partial charge in [-0.15, -0.1) is 0 Å². The van der Waals surface area contributed by atoms with Gasteiger partial charge in [-0.05, 0) is 18.4 Å². The molecule has 0 aromatic heterocycles. The van der Waals surface area contributed by atoms with Crippen LogP contribution in [0.4, 0.5) is 0 Å². The van der Waals surface area contributed by atoms with Crippen molar-refractivity contribution < 1.29 is 9.59 Å². The highest BCUT2D eigenvalue weighted by Gasteiger charge is 2.16. The number of nitrogens with one attached hydrogen (secondary N) is 1. The SMILES string of the molecule is CCCCCCCCCCCCCCCCCC(=O)NC(=O)[C@@H](N)Cc1ccccc1. The van der Waals surface area contributed by atoms with E-state index >= 15 is 0 Å². The van der Waals surface area contributed by atoms with Crippen molar-refractivity contribution in [2.45, 2.75) is 122 Å². The van der Waals surface area contributed by atoms with Crippen molar-refractivity contribution >= 4 is 11.8 Å². The summed E-state index contributed by atoms with van der Waals surface area (Å²) in [6, 6.07) is 8.95. The van der Waals surface area contributed by atoms with Crippen LogP contribution in [-0.4, -0.2) is 17.9 Å². The highest BCUT2D eigenvalue weighted by Crippen LogP contribution is 2.13. The van der Waals surface area contributed by atoms with Crippen LogP contribution < -0.4 is 11.1 Å². The molecule has 0 saturated heterocycles. The standard InChI is InChI=1S/C27H46N2O2/c1-2-3-4-5-6-7-8-9-10-11-12-13-14-15-19-22-26(30)29-27(31)25(28)23-24-20-17-16-18-21-24/h16-18,20-21,25H,2-15,19,22-23,28H2,1H3,(H,29,30,31)/t25-/m0/s1. The van der Waals surface area contributed by atoms with Crippen molar-refractivity contribution in [1.29, 1.82) is 0 Å². The molecule has 0 bridgehead atoms. The molecule has 176 valence electrons. The second kappa shape index (κ2) is 19.0. The van der Waals surface area contributed by atoms with Crippen LogP contribution in [0.2, 0.25) is 0 Å². The first-order valence-electron chi connectivity index (χ1n) is 12.8. The number of hydrogen-bond acceptors (Lipinski definition) is 3. The van der Waals surface area contributed by atoms with E-state index in [0.717, 1.165) is 18.4 Å². The van der Waals surface area contributed by atoms with Gasteiger partial charge in [0.05, 0.1) is 6.04 Å². The Morgan fingerprint density at radius 3 is 1.68 bits per heavy atom.